The number of hydrogen-bond acceptors (Lipinski definition) is 3. The van der Waals surface area contributed by atoms with Gasteiger partial charge in [0.25, 0.3) is 5.91 Å². The molecule has 0 aliphatic heterocycles. The van der Waals surface area contributed by atoms with E-state index in [1.807, 2.05) is 42.5 Å². The first-order valence-electron chi connectivity index (χ1n) is 10.4. The number of hydrogen-bond donors (Lipinski definition) is 2. The van der Waals surface area contributed by atoms with Gasteiger partial charge >= 0.3 is 0 Å². The van der Waals surface area contributed by atoms with Crippen LogP contribution in [0.3, 0.4) is 0 Å². The maximum Gasteiger partial charge on any atom is 0.287 e. The number of nitrogens with zero attached hydrogens (tertiary/aromatic N) is 1. The summed E-state index contributed by atoms with van der Waals surface area (Å²) in [6, 6.07) is 22.5. The lowest BCUT2D eigenvalue weighted by Crippen LogP contribution is -2.48. The van der Waals surface area contributed by atoms with E-state index < -0.39 is 11.9 Å². The molecule has 1 unspecified atom stereocenters. The number of nitrogens with one attached hydrogen (secondary N) is 2. The maximum absolute atomic E-state index is 12.9. The normalized spacial score (nSPS) is 11.9. The van der Waals surface area contributed by atoms with Crippen LogP contribution in [-0.4, -0.2) is 29.0 Å². The number of rotatable bonds is 9. The fourth-order valence-corrected chi connectivity index (χ4v) is 3.62. The zero-order valence-corrected chi connectivity index (χ0v) is 17.2. The average Bonchev–Trinajstić information content (AvgIpc) is 3.47. The maximum atomic E-state index is 12.9. The van der Waals surface area contributed by atoms with Crippen molar-refractivity contribution in [2.24, 2.45) is 0 Å². The summed E-state index contributed by atoms with van der Waals surface area (Å²) in [7, 11) is 0. The molecule has 2 N–H and O–H groups in total. The Morgan fingerprint density at radius 2 is 1.74 bits per heavy atom. The molecular formula is C25H25N3O3. The van der Waals surface area contributed by atoms with Crippen molar-refractivity contribution >= 4 is 22.7 Å². The molecule has 31 heavy (non-hydrogen) atoms. The Morgan fingerprint density at radius 3 is 2.55 bits per heavy atom. The molecule has 0 saturated heterocycles. The van der Waals surface area contributed by atoms with Crippen LogP contribution in [0.2, 0.25) is 0 Å². The Balaban J connectivity index is 1.35. The summed E-state index contributed by atoms with van der Waals surface area (Å²) in [6.07, 6.45) is 4.69. The van der Waals surface area contributed by atoms with E-state index in [9.17, 15) is 9.59 Å². The number of fused-ring (bicyclic) bond motifs is 1. The quantitative estimate of drug-likeness (QED) is 0.409. The number of furan rings is 1. The molecule has 4 rings (SSSR count). The van der Waals surface area contributed by atoms with Crippen LogP contribution in [-0.2, 0) is 17.8 Å². The summed E-state index contributed by atoms with van der Waals surface area (Å²) in [6.45, 7) is 1.32. The number of aromatic nitrogens is 1. The zero-order chi connectivity index (χ0) is 21.5. The Labute approximate surface area is 180 Å². The molecule has 1 atom stereocenters. The highest BCUT2D eigenvalue weighted by molar-refractivity contribution is 5.95. The molecule has 2 aromatic carbocycles. The van der Waals surface area contributed by atoms with E-state index in [1.54, 1.807) is 12.1 Å². The molecule has 2 aromatic heterocycles. The highest BCUT2D eigenvalue weighted by Gasteiger charge is 2.22. The molecule has 0 fully saturated rings. The fourth-order valence-electron chi connectivity index (χ4n) is 3.62. The summed E-state index contributed by atoms with van der Waals surface area (Å²) in [5.41, 5.74) is 2.16. The van der Waals surface area contributed by atoms with Crippen molar-refractivity contribution in [1.29, 1.82) is 0 Å². The number of aryl methyl sites for hydroxylation is 1. The molecule has 0 radical (unpaired) electrons. The monoisotopic (exact) mass is 415 g/mol. The van der Waals surface area contributed by atoms with Crippen LogP contribution in [0.4, 0.5) is 0 Å². The van der Waals surface area contributed by atoms with Crippen molar-refractivity contribution in [3.63, 3.8) is 0 Å². The van der Waals surface area contributed by atoms with Crippen LogP contribution in [0.5, 0.6) is 0 Å². The molecule has 0 spiro atoms. The van der Waals surface area contributed by atoms with Crippen LogP contribution in [0.25, 0.3) is 10.9 Å². The SMILES string of the molecule is O=C(NC(Cc1ccccc1)C(=O)NCCCn1ccc2ccccc21)c1ccco1. The summed E-state index contributed by atoms with van der Waals surface area (Å²) in [4.78, 5) is 25.3. The van der Waals surface area contributed by atoms with E-state index in [1.165, 1.54) is 17.2 Å². The first-order chi connectivity index (χ1) is 15.2. The van der Waals surface area contributed by atoms with Gasteiger partial charge in [-0.15, -0.1) is 0 Å². The molecule has 2 amide bonds. The second-order valence-corrected chi connectivity index (χ2v) is 7.41. The van der Waals surface area contributed by atoms with Gasteiger partial charge in [-0.1, -0.05) is 48.5 Å². The van der Waals surface area contributed by atoms with Gasteiger partial charge in [-0.2, -0.15) is 0 Å². The molecule has 0 bridgehead atoms. The molecule has 0 aliphatic carbocycles. The van der Waals surface area contributed by atoms with Crippen LogP contribution in [0.15, 0.2) is 89.7 Å². The third-order valence-corrected chi connectivity index (χ3v) is 5.20. The number of amides is 2. The minimum atomic E-state index is -0.688. The molecular weight excluding hydrogens is 390 g/mol. The van der Waals surface area contributed by atoms with Crippen molar-refractivity contribution in [1.82, 2.24) is 15.2 Å². The minimum absolute atomic E-state index is 0.186. The van der Waals surface area contributed by atoms with Gasteiger partial charge < -0.3 is 19.6 Å². The standard InChI is InChI=1S/C25H25N3O3/c29-24(26-14-7-15-28-16-13-20-10-4-5-11-22(20)28)21(18-19-8-2-1-3-9-19)27-25(30)23-12-6-17-31-23/h1-6,8-13,16-17,21H,7,14-15,18H2,(H,26,29)(H,27,30). The van der Waals surface area contributed by atoms with Crippen LogP contribution in [0.1, 0.15) is 22.5 Å². The lowest BCUT2D eigenvalue weighted by Gasteiger charge is -2.18. The van der Waals surface area contributed by atoms with Crippen molar-refractivity contribution in [2.45, 2.75) is 25.4 Å². The first-order valence-corrected chi connectivity index (χ1v) is 10.4. The molecule has 158 valence electrons. The summed E-state index contributed by atoms with van der Waals surface area (Å²) in [5.74, 6) is -0.425. The number of benzene rings is 2. The average molecular weight is 415 g/mol. The summed E-state index contributed by atoms with van der Waals surface area (Å²) in [5, 5.41) is 6.97. The van der Waals surface area contributed by atoms with Gasteiger partial charge in [0.2, 0.25) is 5.91 Å². The van der Waals surface area contributed by atoms with Crippen molar-refractivity contribution in [3.05, 3.63) is 96.6 Å². The minimum Gasteiger partial charge on any atom is -0.459 e. The smallest absolute Gasteiger partial charge is 0.287 e. The predicted octanol–water partition coefficient (Wildman–Crippen LogP) is 3.78. The van der Waals surface area contributed by atoms with E-state index in [2.05, 4.69) is 39.6 Å². The lowest BCUT2D eigenvalue weighted by molar-refractivity contribution is -0.122. The second kappa shape index (κ2) is 9.80. The van der Waals surface area contributed by atoms with Crippen molar-refractivity contribution in [2.75, 3.05) is 6.54 Å². The van der Waals surface area contributed by atoms with Crippen molar-refractivity contribution < 1.29 is 14.0 Å². The molecule has 6 heteroatoms. The van der Waals surface area contributed by atoms with E-state index in [0.29, 0.717) is 13.0 Å². The van der Waals surface area contributed by atoms with E-state index in [-0.39, 0.29) is 11.7 Å². The summed E-state index contributed by atoms with van der Waals surface area (Å²) < 4.78 is 7.34. The second-order valence-electron chi connectivity index (χ2n) is 7.41. The molecule has 0 aliphatic rings. The molecule has 0 saturated carbocycles. The van der Waals surface area contributed by atoms with E-state index >= 15 is 0 Å². The Morgan fingerprint density at radius 1 is 0.935 bits per heavy atom. The number of carbonyl (C=O) groups is 2. The fraction of sp³-hybridized carbons (Fsp3) is 0.200. The third-order valence-electron chi connectivity index (χ3n) is 5.20. The largest absolute Gasteiger partial charge is 0.459 e. The first kappa shape index (κ1) is 20.5. The zero-order valence-electron chi connectivity index (χ0n) is 17.2. The van der Waals surface area contributed by atoms with Crippen LogP contribution in [0, 0.1) is 0 Å². The van der Waals surface area contributed by atoms with Gasteiger partial charge in [0.1, 0.15) is 6.04 Å². The lowest BCUT2D eigenvalue weighted by atomic mass is 10.0. The van der Waals surface area contributed by atoms with Crippen LogP contribution < -0.4 is 10.6 Å². The number of carbonyl (C=O) groups excluding carboxylic acids is 2. The van der Waals surface area contributed by atoms with Crippen LogP contribution >= 0.6 is 0 Å². The van der Waals surface area contributed by atoms with E-state index in [4.69, 9.17) is 4.42 Å². The Hall–Kier alpha value is -3.80. The van der Waals surface area contributed by atoms with Gasteiger partial charge in [0.05, 0.1) is 6.26 Å². The van der Waals surface area contributed by atoms with Gasteiger partial charge in [-0.3, -0.25) is 9.59 Å². The highest BCUT2D eigenvalue weighted by atomic mass is 16.3. The Kier molecular flexibility index (Phi) is 6.47. The highest BCUT2D eigenvalue weighted by Crippen LogP contribution is 2.15. The molecule has 2 heterocycles. The molecule has 4 aromatic rings. The van der Waals surface area contributed by atoms with Gasteiger partial charge in [0, 0.05) is 31.2 Å². The number of para-hydroxylation sites is 1. The van der Waals surface area contributed by atoms with Gasteiger partial charge in [-0.05, 0) is 41.6 Å². The van der Waals surface area contributed by atoms with E-state index in [0.717, 1.165) is 18.5 Å². The molecule has 6 nitrogen and oxygen atoms in total. The Bertz CT molecular complexity index is 1130. The third kappa shape index (κ3) is 5.22. The topological polar surface area (TPSA) is 76.3 Å². The van der Waals surface area contributed by atoms with Gasteiger partial charge in [-0.25, -0.2) is 0 Å². The van der Waals surface area contributed by atoms with Crippen molar-refractivity contribution in [3.8, 4) is 0 Å². The summed E-state index contributed by atoms with van der Waals surface area (Å²) >= 11 is 0. The van der Waals surface area contributed by atoms with Gasteiger partial charge in [0.15, 0.2) is 5.76 Å². The predicted molar refractivity (Wildman–Crippen MR) is 120 cm³/mol.